The van der Waals surface area contributed by atoms with Crippen molar-refractivity contribution in [3.05, 3.63) is 16.4 Å². The lowest BCUT2D eigenvalue weighted by atomic mass is 9.70. The van der Waals surface area contributed by atoms with Crippen molar-refractivity contribution in [3.8, 4) is 0 Å². The smallest absolute Gasteiger partial charge is 0.0847 e. The van der Waals surface area contributed by atoms with E-state index in [0.29, 0.717) is 5.41 Å². The Kier molecular flexibility index (Phi) is 3.34. The molecule has 3 saturated carbocycles. The molecule has 1 aromatic rings. The normalized spacial score (nSPS) is 34.8. The van der Waals surface area contributed by atoms with Gasteiger partial charge in [0.1, 0.15) is 0 Å². The zero-order chi connectivity index (χ0) is 14.6. The first-order valence-corrected chi connectivity index (χ1v) is 8.86. The fourth-order valence-corrected chi connectivity index (χ4v) is 5.12. The summed E-state index contributed by atoms with van der Waals surface area (Å²) in [5.74, 6) is 1.85. The Hall–Kier alpha value is -0.540. The molecule has 1 aromatic heterocycles. The molecular formula is C17H26ClN3. The molecule has 3 atom stereocenters. The van der Waals surface area contributed by atoms with Crippen LogP contribution in [0.15, 0.2) is 0 Å². The monoisotopic (exact) mass is 307 g/mol. The number of nitrogens with one attached hydrogen (secondary N) is 1. The van der Waals surface area contributed by atoms with Gasteiger partial charge in [0.05, 0.1) is 16.4 Å². The van der Waals surface area contributed by atoms with Gasteiger partial charge < -0.3 is 5.32 Å². The molecule has 0 amide bonds. The van der Waals surface area contributed by atoms with Gasteiger partial charge in [-0.1, -0.05) is 18.0 Å². The fourth-order valence-electron chi connectivity index (χ4n) is 4.89. The maximum atomic E-state index is 6.53. The Balaban J connectivity index is 1.60. The second-order valence-corrected chi connectivity index (χ2v) is 8.12. The molecule has 4 rings (SSSR count). The predicted molar refractivity (Wildman–Crippen MR) is 85.6 cm³/mol. The molecule has 4 heteroatoms. The molecule has 3 aliphatic carbocycles. The predicted octanol–water partition coefficient (Wildman–Crippen LogP) is 3.48. The lowest BCUT2D eigenvalue weighted by Gasteiger charge is -2.38. The van der Waals surface area contributed by atoms with Crippen LogP contribution in [0.25, 0.3) is 0 Å². The van der Waals surface area contributed by atoms with Crippen LogP contribution in [0.3, 0.4) is 0 Å². The third-order valence-corrected chi connectivity index (χ3v) is 6.70. The molecule has 1 heterocycles. The van der Waals surface area contributed by atoms with E-state index in [9.17, 15) is 0 Å². The van der Waals surface area contributed by atoms with E-state index < -0.39 is 0 Å². The molecular weight excluding hydrogens is 282 g/mol. The van der Waals surface area contributed by atoms with Crippen LogP contribution in [0.2, 0.25) is 5.02 Å². The van der Waals surface area contributed by atoms with E-state index in [2.05, 4.69) is 10.4 Å². The number of nitrogens with zero attached hydrogens (tertiary/aromatic N) is 2. The van der Waals surface area contributed by atoms with Gasteiger partial charge in [-0.3, -0.25) is 4.68 Å². The molecule has 2 bridgehead atoms. The molecule has 3 unspecified atom stereocenters. The summed E-state index contributed by atoms with van der Waals surface area (Å²) in [6, 6.07) is 0.796. The van der Waals surface area contributed by atoms with Crippen LogP contribution in [-0.4, -0.2) is 22.4 Å². The number of hydrogen-bond donors (Lipinski definition) is 1. The summed E-state index contributed by atoms with van der Waals surface area (Å²) in [4.78, 5) is 0. The van der Waals surface area contributed by atoms with Crippen LogP contribution in [0.5, 0.6) is 0 Å². The first-order valence-electron chi connectivity index (χ1n) is 8.49. The first-order chi connectivity index (χ1) is 10.1. The highest BCUT2D eigenvalue weighted by atomic mass is 35.5. The average Bonchev–Trinajstić information content (AvgIpc) is 3.02. The van der Waals surface area contributed by atoms with E-state index in [1.54, 1.807) is 0 Å². The maximum Gasteiger partial charge on any atom is 0.0847 e. The van der Waals surface area contributed by atoms with Gasteiger partial charge in [-0.05, 0) is 62.7 Å². The van der Waals surface area contributed by atoms with Crippen molar-refractivity contribution >= 4 is 11.6 Å². The Morgan fingerprint density at radius 3 is 2.67 bits per heavy atom. The number of rotatable bonds is 5. The van der Waals surface area contributed by atoms with Crippen LogP contribution in [-0.2, 0) is 13.5 Å². The van der Waals surface area contributed by atoms with Gasteiger partial charge in [0.15, 0.2) is 0 Å². The number of fused-ring (bicyclic) bond motifs is 2. The molecule has 21 heavy (non-hydrogen) atoms. The number of hydrogen-bond acceptors (Lipinski definition) is 2. The Morgan fingerprint density at radius 2 is 2.14 bits per heavy atom. The fraction of sp³-hybridized carbons (Fsp3) is 0.824. The molecule has 0 saturated heterocycles. The summed E-state index contributed by atoms with van der Waals surface area (Å²) in [5.41, 5.74) is 2.65. The standard InChI is InChI=1S/C17H26ClN3/c1-11-16(18)15(21(2)20-11)9-17(10-19-14-5-6-14)8-12-3-4-13(17)7-12/h12-14,19H,3-10H2,1-2H3. The molecule has 116 valence electrons. The lowest BCUT2D eigenvalue weighted by Crippen LogP contribution is -2.41. The van der Waals surface area contributed by atoms with Crippen molar-refractivity contribution in [3.63, 3.8) is 0 Å². The lowest BCUT2D eigenvalue weighted by molar-refractivity contribution is 0.152. The van der Waals surface area contributed by atoms with Gasteiger partial charge in [-0.15, -0.1) is 0 Å². The van der Waals surface area contributed by atoms with E-state index in [1.165, 1.54) is 50.8 Å². The Morgan fingerprint density at radius 1 is 1.33 bits per heavy atom. The van der Waals surface area contributed by atoms with Crippen molar-refractivity contribution in [1.82, 2.24) is 15.1 Å². The third kappa shape index (κ3) is 2.43. The van der Waals surface area contributed by atoms with Gasteiger partial charge in [-0.2, -0.15) is 5.10 Å². The highest BCUT2D eigenvalue weighted by molar-refractivity contribution is 6.31. The van der Waals surface area contributed by atoms with Gasteiger partial charge >= 0.3 is 0 Å². The quantitative estimate of drug-likeness (QED) is 0.902. The molecule has 0 aromatic carbocycles. The average molecular weight is 308 g/mol. The van der Waals surface area contributed by atoms with Crippen LogP contribution >= 0.6 is 11.6 Å². The van der Waals surface area contributed by atoms with Crippen molar-refractivity contribution < 1.29 is 0 Å². The minimum atomic E-state index is 0.426. The Labute approximate surface area is 132 Å². The molecule has 1 N–H and O–H groups in total. The van der Waals surface area contributed by atoms with Crippen molar-refractivity contribution in [2.75, 3.05) is 6.54 Å². The largest absolute Gasteiger partial charge is 0.313 e. The van der Waals surface area contributed by atoms with E-state index >= 15 is 0 Å². The molecule has 0 spiro atoms. The number of halogens is 1. The number of aromatic nitrogens is 2. The summed E-state index contributed by atoms with van der Waals surface area (Å²) in [5, 5.41) is 9.23. The summed E-state index contributed by atoms with van der Waals surface area (Å²) >= 11 is 6.53. The van der Waals surface area contributed by atoms with Crippen LogP contribution in [0.4, 0.5) is 0 Å². The summed E-state index contributed by atoms with van der Waals surface area (Å²) in [7, 11) is 2.05. The van der Waals surface area contributed by atoms with Crippen molar-refractivity contribution in [2.24, 2.45) is 24.3 Å². The molecule has 0 radical (unpaired) electrons. The summed E-state index contributed by atoms with van der Waals surface area (Å²) in [6.07, 6.45) is 9.55. The van der Waals surface area contributed by atoms with Crippen molar-refractivity contribution in [2.45, 2.75) is 57.9 Å². The minimum Gasteiger partial charge on any atom is -0.313 e. The van der Waals surface area contributed by atoms with Crippen LogP contribution < -0.4 is 5.32 Å². The molecule has 3 nitrogen and oxygen atoms in total. The summed E-state index contributed by atoms with van der Waals surface area (Å²) in [6.45, 7) is 3.20. The van der Waals surface area contributed by atoms with Crippen LogP contribution in [0, 0.1) is 24.2 Å². The SMILES string of the molecule is Cc1nn(C)c(CC2(CNC3CC3)CC3CCC2C3)c1Cl. The van der Waals surface area contributed by atoms with Gasteiger partial charge in [0, 0.05) is 19.6 Å². The second kappa shape index (κ2) is 4.99. The van der Waals surface area contributed by atoms with Crippen LogP contribution in [0.1, 0.15) is 49.9 Å². The van der Waals surface area contributed by atoms with E-state index in [4.69, 9.17) is 11.6 Å². The number of aryl methyl sites for hydroxylation is 2. The van der Waals surface area contributed by atoms with Gasteiger partial charge in [0.25, 0.3) is 0 Å². The highest BCUT2D eigenvalue weighted by Gasteiger charge is 2.51. The molecule has 0 aliphatic heterocycles. The topological polar surface area (TPSA) is 29.9 Å². The van der Waals surface area contributed by atoms with E-state index in [1.807, 2.05) is 18.7 Å². The zero-order valence-electron chi connectivity index (χ0n) is 13.2. The highest BCUT2D eigenvalue weighted by Crippen LogP contribution is 2.57. The van der Waals surface area contributed by atoms with Gasteiger partial charge in [0.2, 0.25) is 0 Å². The second-order valence-electron chi connectivity index (χ2n) is 7.74. The maximum absolute atomic E-state index is 6.53. The molecule has 3 fully saturated rings. The van der Waals surface area contributed by atoms with Gasteiger partial charge in [-0.25, -0.2) is 0 Å². The third-order valence-electron chi connectivity index (χ3n) is 6.20. The Bertz CT molecular complexity index is 548. The van der Waals surface area contributed by atoms with E-state index in [0.717, 1.165) is 35.0 Å². The minimum absolute atomic E-state index is 0.426. The summed E-state index contributed by atoms with van der Waals surface area (Å²) < 4.78 is 2.02. The van der Waals surface area contributed by atoms with Crippen molar-refractivity contribution in [1.29, 1.82) is 0 Å². The molecule has 3 aliphatic rings. The first kappa shape index (κ1) is 14.1. The van der Waals surface area contributed by atoms with E-state index in [-0.39, 0.29) is 0 Å². The zero-order valence-corrected chi connectivity index (χ0v) is 13.9.